The number of rotatable bonds is 3. The number of aliphatic hydroxyl groups is 1. The largest absolute Gasteiger partial charge is 0.433 e. The van der Waals surface area contributed by atoms with Crippen LogP contribution in [0.3, 0.4) is 0 Å². The van der Waals surface area contributed by atoms with Gasteiger partial charge in [0, 0.05) is 10.6 Å². The Morgan fingerprint density at radius 2 is 1.84 bits per heavy atom. The molecule has 2 aromatic rings. The Morgan fingerprint density at radius 3 is 2.37 bits per heavy atom. The van der Waals surface area contributed by atoms with Gasteiger partial charge in [-0.1, -0.05) is 23.7 Å². The fraction of sp³-hybridized carbons (Fsp3) is 0.250. The van der Waals surface area contributed by atoms with Crippen molar-refractivity contribution in [3.8, 4) is 0 Å². The highest BCUT2D eigenvalue weighted by Crippen LogP contribution is 2.32. The SMILES string of the molecule is OCc1cnn(Cc2ccc(Cl)cc2)c1C(F)(F)F. The number of aromatic nitrogens is 2. The van der Waals surface area contributed by atoms with Crippen molar-refractivity contribution in [1.82, 2.24) is 9.78 Å². The zero-order valence-corrected chi connectivity index (χ0v) is 10.4. The van der Waals surface area contributed by atoms with Crippen molar-refractivity contribution in [2.45, 2.75) is 19.3 Å². The molecule has 0 aliphatic carbocycles. The number of benzene rings is 1. The number of hydrogen-bond acceptors (Lipinski definition) is 2. The molecule has 0 atom stereocenters. The maximum absolute atomic E-state index is 12.9. The summed E-state index contributed by atoms with van der Waals surface area (Å²) < 4.78 is 39.5. The third-order valence-electron chi connectivity index (χ3n) is 2.60. The first-order valence-electron chi connectivity index (χ1n) is 5.39. The molecular formula is C12H10ClF3N2O. The van der Waals surface area contributed by atoms with Crippen LogP contribution in [0, 0.1) is 0 Å². The number of nitrogens with zero attached hydrogens (tertiary/aromatic N) is 2. The normalized spacial score (nSPS) is 11.8. The van der Waals surface area contributed by atoms with Crippen LogP contribution in [0.2, 0.25) is 5.02 Å². The van der Waals surface area contributed by atoms with Gasteiger partial charge in [0.25, 0.3) is 0 Å². The van der Waals surface area contributed by atoms with Gasteiger partial charge in [0.1, 0.15) is 5.69 Å². The minimum absolute atomic E-state index is 0.0357. The standard InChI is InChI=1S/C12H10ClF3N2O/c13-10-3-1-8(2-4-10)6-18-11(12(14,15)16)9(7-19)5-17-18/h1-5,19H,6-7H2. The summed E-state index contributed by atoms with van der Waals surface area (Å²) in [7, 11) is 0. The van der Waals surface area contributed by atoms with E-state index >= 15 is 0 Å². The lowest BCUT2D eigenvalue weighted by molar-refractivity contribution is -0.145. The Kier molecular flexibility index (Phi) is 3.82. The molecule has 0 bridgehead atoms. The highest BCUT2D eigenvalue weighted by atomic mass is 35.5. The number of halogens is 4. The minimum atomic E-state index is -4.55. The summed E-state index contributed by atoms with van der Waals surface area (Å²) in [6, 6.07) is 6.45. The second-order valence-electron chi connectivity index (χ2n) is 3.96. The van der Waals surface area contributed by atoms with Gasteiger partial charge >= 0.3 is 6.18 Å². The maximum atomic E-state index is 12.9. The van der Waals surface area contributed by atoms with E-state index in [2.05, 4.69) is 5.10 Å². The number of alkyl halides is 3. The first-order valence-corrected chi connectivity index (χ1v) is 5.77. The van der Waals surface area contributed by atoms with E-state index in [1.807, 2.05) is 0 Å². The monoisotopic (exact) mass is 290 g/mol. The Balaban J connectivity index is 2.35. The molecule has 1 heterocycles. The molecule has 0 spiro atoms. The molecule has 3 nitrogen and oxygen atoms in total. The van der Waals surface area contributed by atoms with Crippen molar-refractivity contribution in [3.63, 3.8) is 0 Å². The molecule has 1 aromatic carbocycles. The highest BCUT2D eigenvalue weighted by Gasteiger charge is 2.37. The number of aliphatic hydroxyl groups excluding tert-OH is 1. The van der Waals surface area contributed by atoms with Gasteiger partial charge in [-0.2, -0.15) is 18.3 Å². The molecule has 19 heavy (non-hydrogen) atoms. The van der Waals surface area contributed by atoms with Crippen LogP contribution in [-0.2, 0) is 19.3 Å². The molecule has 0 aliphatic rings. The topological polar surface area (TPSA) is 38.1 Å². The predicted molar refractivity (Wildman–Crippen MR) is 63.7 cm³/mol. The van der Waals surface area contributed by atoms with Gasteiger partial charge in [-0.3, -0.25) is 4.68 Å². The predicted octanol–water partition coefficient (Wildman–Crippen LogP) is 3.10. The average Bonchev–Trinajstić information content (AvgIpc) is 2.75. The summed E-state index contributed by atoms with van der Waals surface area (Å²) in [5.41, 5.74) is -0.520. The van der Waals surface area contributed by atoms with E-state index < -0.39 is 18.5 Å². The van der Waals surface area contributed by atoms with E-state index in [4.69, 9.17) is 16.7 Å². The van der Waals surface area contributed by atoms with Crippen LogP contribution in [0.4, 0.5) is 13.2 Å². The number of hydrogen-bond donors (Lipinski definition) is 1. The maximum Gasteiger partial charge on any atom is 0.433 e. The lowest BCUT2D eigenvalue weighted by atomic mass is 10.2. The average molecular weight is 291 g/mol. The van der Waals surface area contributed by atoms with Crippen LogP contribution in [0.15, 0.2) is 30.5 Å². The van der Waals surface area contributed by atoms with E-state index in [-0.39, 0.29) is 12.1 Å². The quantitative estimate of drug-likeness (QED) is 0.943. The van der Waals surface area contributed by atoms with Crippen LogP contribution in [0.25, 0.3) is 0 Å². The van der Waals surface area contributed by atoms with Gasteiger partial charge in [0.2, 0.25) is 0 Å². The van der Waals surface area contributed by atoms with Gasteiger partial charge in [-0.25, -0.2) is 0 Å². The van der Waals surface area contributed by atoms with Crippen LogP contribution < -0.4 is 0 Å². The highest BCUT2D eigenvalue weighted by molar-refractivity contribution is 6.30. The fourth-order valence-corrected chi connectivity index (χ4v) is 1.88. The summed E-state index contributed by atoms with van der Waals surface area (Å²) >= 11 is 5.71. The zero-order chi connectivity index (χ0) is 14.0. The lowest BCUT2D eigenvalue weighted by Gasteiger charge is -2.12. The van der Waals surface area contributed by atoms with Gasteiger partial charge < -0.3 is 5.11 Å². The molecule has 1 N–H and O–H groups in total. The van der Waals surface area contributed by atoms with Crippen LogP contribution >= 0.6 is 11.6 Å². The molecule has 0 unspecified atom stereocenters. The van der Waals surface area contributed by atoms with Gasteiger partial charge in [-0.15, -0.1) is 0 Å². The second-order valence-corrected chi connectivity index (χ2v) is 4.39. The first-order chi connectivity index (χ1) is 8.91. The molecule has 7 heteroatoms. The van der Waals surface area contributed by atoms with Crippen molar-refractivity contribution < 1.29 is 18.3 Å². The fourth-order valence-electron chi connectivity index (χ4n) is 1.75. The van der Waals surface area contributed by atoms with Crippen molar-refractivity contribution in [2.75, 3.05) is 0 Å². The summed E-state index contributed by atoms with van der Waals surface area (Å²) in [5, 5.41) is 13.1. The molecule has 0 fully saturated rings. The summed E-state index contributed by atoms with van der Waals surface area (Å²) in [6.07, 6.45) is -3.53. The summed E-state index contributed by atoms with van der Waals surface area (Å²) in [6.45, 7) is -0.735. The van der Waals surface area contributed by atoms with Gasteiger partial charge in [0.05, 0.1) is 19.3 Å². The van der Waals surface area contributed by atoms with Crippen molar-refractivity contribution in [2.24, 2.45) is 0 Å². The van der Waals surface area contributed by atoms with E-state index in [0.29, 0.717) is 10.6 Å². The Hall–Kier alpha value is -1.53. The third-order valence-corrected chi connectivity index (χ3v) is 2.85. The molecule has 0 saturated carbocycles. The molecule has 0 radical (unpaired) electrons. The Morgan fingerprint density at radius 1 is 1.21 bits per heavy atom. The molecule has 0 aliphatic heterocycles. The van der Waals surface area contributed by atoms with E-state index in [1.165, 1.54) is 0 Å². The Labute approximate surface area is 112 Å². The first kappa shape index (κ1) is 13.9. The molecule has 0 saturated heterocycles. The minimum Gasteiger partial charge on any atom is -0.392 e. The molecule has 102 valence electrons. The van der Waals surface area contributed by atoms with Crippen molar-refractivity contribution >= 4 is 11.6 Å². The molecule has 0 amide bonds. The third kappa shape index (κ3) is 3.08. The van der Waals surface area contributed by atoms with Crippen LogP contribution in [0.5, 0.6) is 0 Å². The molecular weight excluding hydrogens is 281 g/mol. The van der Waals surface area contributed by atoms with Crippen molar-refractivity contribution in [3.05, 3.63) is 52.3 Å². The summed E-state index contributed by atoms with van der Waals surface area (Å²) in [4.78, 5) is 0. The van der Waals surface area contributed by atoms with Crippen molar-refractivity contribution in [1.29, 1.82) is 0 Å². The van der Waals surface area contributed by atoms with Crippen LogP contribution in [-0.4, -0.2) is 14.9 Å². The summed E-state index contributed by atoms with van der Waals surface area (Å²) in [5.74, 6) is 0. The smallest absolute Gasteiger partial charge is 0.392 e. The van der Waals surface area contributed by atoms with E-state index in [0.717, 1.165) is 10.9 Å². The van der Waals surface area contributed by atoms with Gasteiger partial charge in [-0.05, 0) is 17.7 Å². The lowest BCUT2D eigenvalue weighted by Crippen LogP contribution is -2.17. The van der Waals surface area contributed by atoms with Gasteiger partial charge in [0.15, 0.2) is 0 Å². The molecule has 1 aromatic heterocycles. The van der Waals surface area contributed by atoms with E-state index in [1.54, 1.807) is 24.3 Å². The van der Waals surface area contributed by atoms with Crippen LogP contribution in [0.1, 0.15) is 16.8 Å². The molecule has 2 rings (SSSR count). The zero-order valence-electron chi connectivity index (χ0n) is 9.65. The second kappa shape index (κ2) is 5.22. The van der Waals surface area contributed by atoms with E-state index in [9.17, 15) is 13.2 Å². The Bertz CT molecular complexity index is 563.